The molecule has 4 nitrogen and oxygen atoms in total. The van der Waals surface area contributed by atoms with Crippen LogP contribution in [0, 0.1) is 27.7 Å². The number of amides is 1. The van der Waals surface area contributed by atoms with Crippen LogP contribution in [-0.2, 0) is 4.79 Å². The van der Waals surface area contributed by atoms with Crippen LogP contribution in [0.5, 0.6) is 5.75 Å². The number of rotatable bonds is 5. The van der Waals surface area contributed by atoms with Gasteiger partial charge in [0.15, 0.2) is 5.17 Å². The van der Waals surface area contributed by atoms with Crippen LogP contribution in [0.3, 0.4) is 0 Å². The van der Waals surface area contributed by atoms with Gasteiger partial charge in [-0.25, -0.2) is 4.99 Å². The Kier molecular flexibility index (Phi) is 6.70. The van der Waals surface area contributed by atoms with E-state index in [1.807, 2.05) is 61.5 Å². The number of anilines is 1. The number of thioether (sulfide) groups is 1. The molecule has 3 aromatic rings. The predicted molar refractivity (Wildman–Crippen MR) is 140 cm³/mol. The summed E-state index contributed by atoms with van der Waals surface area (Å²) < 4.78 is 5.53. The SMILES string of the molecule is CCOc1ccc(/C=C2/SC(=Nc3ccc(C)c(C)c3)N(c3ccc(C)c(C)c3)C2=O)cc1. The van der Waals surface area contributed by atoms with Gasteiger partial charge in [0, 0.05) is 0 Å². The fourth-order valence-electron chi connectivity index (χ4n) is 3.53. The highest BCUT2D eigenvalue weighted by Crippen LogP contribution is 2.38. The van der Waals surface area contributed by atoms with E-state index in [9.17, 15) is 4.79 Å². The third-order valence-electron chi connectivity index (χ3n) is 5.76. The number of aryl methyl sites for hydroxylation is 4. The summed E-state index contributed by atoms with van der Waals surface area (Å²) in [5, 5.41) is 0.656. The fraction of sp³-hybridized carbons (Fsp3) is 0.214. The number of ether oxygens (including phenoxy) is 1. The summed E-state index contributed by atoms with van der Waals surface area (Å²) in [6.07, 6.45) is 1.92. The van der Waals surface area contributed by atoms with Crippen molar-refractivity contribution >= 4 is 40.3 Å². The topological polar surface area (TPSA) is 41.9 Å². The molecule has 0 bridgehead atoms. The van der Waals surface area contributed by atoms with Crippen molar-refractivity contribution in [1.29, 1.82) is 0 Å². The lowest BCUT2D eigenvalue weighted by atomic mass is 10.1. The quantitative estimate of drug-likeness (QED) is 0.384. The van der Waals surface area contributed by atoms with E-state index in [1.165, 1.54) is 28.5 Å². The van der Waals surface area contributed by atoms with Crippen LogP contribution in [0.25, 0.3) is 6.08 Å². The monoisotopic (exact) mass is 456 g/mol. The van der Waals surface area contributed by atoms with Crippen molar-refractivity contribution in [2.24, 2.45) is 4.99 Å². The zero-order valence-electron chi connectivity index (χ0n) is 19.7. The minimum Gasteiger partial charge on any atom is -0.494 e. The maximum atomic E-state index is 13.5. The molecule has 1 aliphatic rings. The number of hydrogen-bond donors (Lipinski definition) is 0. The summed E-state index contributed by atoms with van der Waals surface area (Å²) in [4.78, 5) is 20.8. The van der Waals surface area contributed by atoms with Crippen molar-refractivity contribution in [3.05, 3.63) is 93.4 Å². The highest BCUT2D eigenvalue weighted by Gasteiger charge is 2.35. The molecule has 5 heteroatoms. The van der Waals surface area contributed by atoms with E-state index < -0.39 is 0 Å². The molecule has 1 aliphatic heterocycles. The van der Waals surface area contributed by atoms with Crippen molar-refractivity contribution in [2.45, 2.75) is 34.6 Å². The standard InChI is InChI=1S/C28H28N2O2S/c1-6-32-25-13-9-22(10-14-25)17-26-27(31)30(24-12-8-19(3)21(5)16-24)28(33-26)29-23-11-7-18(2)20(4)15-23/h7-17H,6H2,1-5H3/b26-17+,29-28?. The fourth-order valence-corrected chi connectivity index (χ4v) is 4.53. The summed E-state index contributed by atoms with van der Waals surface area (Å²) in [5.41, 5.74) is 7.33. The lowest BCUT2D eigenvalue weighted by Crippen LogP contribution is -2.28. The molecule has 0 N–H and O–H groups in total. The van der Waals surface area contributed by atoms with Crippen molar-refractivity contribution in [2.75, 3.05) is 11.5 Å². The van der Waals surface area contributed by atoms with Crippen molar-refractivity contribution in [1.82, 2.24) is 0 Å². The van der Waals surface area contributed by atoms with Gasteiger partial charge in [-0.3, -0.25) is 9.69 Å². The zero-order valence-corrected chi connectivity index (χ0v) is 20.5. The van der Waals surface area contributed by atoms with Crippen LogP contribution in [0.4, 0.5) is 11.4 Å². The molecule has 1 saturated heterocycles. The summed E-state index contributed by atoms with van der Waals surface area (Å²) >= 11 is 1.40. The van der Waals surface area contributed by atoms with Crippen LogP contribution in [-0.4, -0.2) is 17.7 Å². The van der Waals surface area contributed by atoms with Gasteiger partial charge in [-0.15, -0.1) is 0 Å². The molecule has 0 aliphatic carbocycles. The lowest BCUT2D eigenvalue weighted by Gasteiger charge is -2.17. The Morgan fingerprint density at radius 2 is 1.55 bits per heavy atom. The normalized spacial score (nSPS) is 16.2. The lowest BCUT2D eigenvalue weighted by molar-refractivity contribution is -0.113. The minimum absolute atomic E-state index is 0.0697. The van der Waals surface area contributed by atoms with Gasteiger partial charge in [0.2, 0.25) is 0 Å². The summed E-state index contributed by atoms with van der Waals surface area (Å²) in [6.45, 7) is 10.9. The second kappa shape index (κ2) is 9.67. The number of amidine groups is 1. The Balaban J connectivity index is 1.75. The second-order valence-electron chi connectivity index (χ2n) is 8.18. The first kappa shape index (κ1) is 22.9. The van der Waals surface area contributed by atoms with E-state index in [-0.39, 0.29) is 5.91 Å². The summed E-state index contributed by atoms with van der Waals surface area (Å²) in [6, 6.07) is 20.0. The molecule has 0 atom stereocenters. The van der Waals surface area contributed by atoms with Gasteiger partial charge >= 0.3 is 0 Å². The highest BCUT2D eigenvalue weighted by atomic mass is 32.2. The molecule has 0 spiro atoms. The Bertz CT molecular complexity index is 1260. The van der Waals surface area contributed by atoms with Crippen LogP contribution >= 0.6 is 11.8 Å². The number of nitrogens with zero attached hydrogens (tertiary/aromatic N) is 2. The van der Waals surface area contributed by atoms with Crippen molar-refractivity contribution < 1.29 is 9.53 Å². The summed E-state index contributed by atoms with van der Waals surface area (Å²) in [7, 11) is 0. The second-order valence-corrected chi connectivity index (χ2v) is 9.19. The van der Waals surface area contributed by atoms with E-state index >= 15 is 0 Å². The minimum atomic E-state index is -0.0697. The molecule has 168 valence electrons. The van der Waals surface area contributed by atoms with Gasteiger partial charge in [0.1, 0.15) is 5.75 Å². The van der Waals surface area contributed by atoms with Crippen LogP contribution < -0.4 is 9.64 Å². The average molecular weight is 457 g/mol. The average Bonchev–Trinajstić information content (AvgIpc) is 3.09. The largest absolute Gasteiger partial charge is 0.494 e. The van der Waals surface area contributed by atoms with Crippen LogP contribution in [0.2, 0.25) is 0 Å². The maximum absolute atomic E-state index is 13.5. The van der Waals surface area contributed by atoms with E-state index in [1.54, 1.807) is 4.90 Å². The zero-order chi connectivity index (χ0) is 23.5. The van der Waals surface area contributed by atoms with E-state index in [4.69, 9.17) is 9.73 Å². The van der Waals surface area contributed by atoms with Crippen LogP contribution in [0.1, 0.15) is 34.7 Å². The number of hydrogen-bond acceptors (Lipinski definition) is 4. The third kappa shape index (κ3) is 5.04. The summed E-state index contributed by atoms with van der Waals surface area (Å²) in [5.74, 6) is 0.749. The van der Waals surface area contributed by atoms with Gasteiger partial charge < -0.3 is 4.74 Å². The maximum Gasteiger partial charge on any atom is 0.271 e. The number of aliphatic imine (C=N–C) groups is 1. The first-order valence-electron chi connectivity index (χ1n) is 11.1. The van der Waals surface area contributed by atoms with E-state index in [0.717, 1.165) is 28.3 Å². The van der Waals surface area contributed by atoms with Gasteiger partial charge in [-0.05, 0) is 117 Å². The molecule has 0 unspecified atom stereocenters. The molecule has 0 radical (unpaired) electrons. The van der Waals surface area contributed by atoms with Gasteiger partial charge in [0.25, 0.3) is 5.91 Å². The Hall–Kier alpha value is -3.31. The van der Waals surface area contributed by atoms with E-state index in [2.05, 4.69) is 39.8 Å². The third-order valence-corrected chi connectivity index (χ3v) is 6.73. The molecule has 33 heavy (non-hydrogen) atoms. The molecule has 3 aromatic carbocycles. The Morgan fingerprint density at radius 3 is 2.18 bits per heavy atom. The highest BCUT2D eigenvalue weighted by molar-refractivity contribution is 8.19. The van der Waals surface area contributed by atoms with Crippen molar-refractivity contribution in [3.63, 3.8) is 0 Å². The molecular formula is C28H28N2O2S. The molecule has 0 saturated carbocycles. The van der Waals surface area contributed by atoms with E-state index in [0.29, 0.717) is 16.7 Å². The molecule has 1 amide bonds. The van der Waals surface area contributed by atoms with Gasteiger partial charge in [-0.2, -0.15) is 0 Å². The van der Waals surface area contributed by atoms with Gasteiger partial charge in [-0.1, -0.05) is 24.3 Å². The Morgan fingerprint density at radius 1 is 0.879 bits per heavy atom. The molecular weight excluding hydrogens is 428 g/mol. The Labute approximate surface area is 200 Å². The van der Waals surface area contributed by atoms with Crippen LogP contribution in [0.15, 0.2) is 70.6 Å². The number of benzene rings is 3. The number of carbonyl (C=O) groups excluding carboxylic acids is 1. The molecule has 0 aromatic heterocycles. The molecule has 4 rings (SSSR count). The smallest absolute Gasteiger partial charge is 0.271 e. The van der Waals surface area contributed by atoms with Gasteiger partial charge in [0.05, 0.1) is 22.9 Å². The number of carbonyl (C=O) groups is 1. The van der Waals surface area contributed by atoms with Crippen molar-refractivity contribution in [3.8, 4) is 5.75 Å². The predicted octanol–water partition coefficient (Wildman–Crippen LogP) is 7.13. The molecule has 1 fully saturated rings. The molecule has 1 heterocycles. The first-order chi connectivity index (χ1) is 15.9. The first-order valence-corrected chi connectivity index (χ1v) is 11.9.